The molecule has 0 aromatic heterocycles. The summed E-state index contributed by atoms with van der Waals surface area (Å²) in [6.07, 6.45) is -0.739. The lowest BCUT2D eigenvalue weighted by atomic mass is 9.85. The first-order chi connectivity index (χ1) is 44.0. The number of hydrogen-bond acceptors (Lipinski definition) is 23. The highest BCUT2D eigenvalue weighted by Crippen LogP contribution is 2.43. The second-order valence-corrected chi connectivity index (χ2v) is 26.4. The first kappa shape index (κ1) is 70.6. The van der Waals surface area contributed by atoms with Crippen LogP contribution in [0.4, 0.5) is 9.59 Å². The Balaban J connectivity index is 0.000000201. The number of alkyl carbamates (subject to hydrolysis) is 2. The summed E-state index contributed by atoms with van der Waals surface area (Å²) in [7, 11) is 0. The minimum Gasteiger partial charge on any atom is -0.480 e. The Hall–Kier alpha value is -8.26. The molecule has 12 atom stereocenters. The van der Waals surface area contributed by atoms with Crippen molar-refractivity contribution < 1.29 is 101 Å². The van der Waals surface area contributed by atoms with Crippen LogP contribution in [0.2, 0.25) is 0 Å². The van der Waals surface area contributed by atoms with Crippen LogP contribution < -0.4 is 57.0 Å². The van der Waals surface area contributed by atoms with Gasteiger partial charge in [0.05, 0.1) is 62.5 Å². The molecule has 0 aliphatic carbocycles. The number of primary amides is 2. The molecular weight excluding hydrogens is 1220 g/mol. The van der Waals surface area contributed by atoms with Gasteiger partial charge in [-0.3, -0.25) is 24.0 Å². The van der Waals surface area contributed by atoms with Crippen molar-refractivity contribution in [1.29, 1.82) is 0 Å². The van der Waals surface area contributed by atoms with Crippen molar-refractivity contribution in [3.8, 4) is 23.0 Å². The first-order valence-corrected chi connectivity index (χ1v) is 31.2. The molecule has 4 fully saturated rings. The van der Waals surface area contributed by atoms with Crippen LogP contribution in [0.3, 0.4) is 0 Å². The largest absolute Gasteiger partial charge is 0.480 e. The molecule has 10 rings (SSSR count). The first-order valence-electron chi connectivity index (χ1n) is 31.2. The molecule has 0 saturated carbocycles. The number of nitrogens with one attached hydrogen (secondary N) is 5. The predicted molar refractivity (Wildman–Crippen MR) is 327 cm³/mol. The average molecular weight is 1310 g/mol. The Kier molecular flexibility index (Phi) is 22.9. The molecule has 2 spiro atoms. The minimum absolute atomic E-state index is 0.0158. The van der Waals surface area contributed by atoms with E-state index in [9.17, 15) is 48.6 Å². The second kappa shape index (κ2) is 30.2. The molecule has 8 aliphatic heterocycles. The summed E-state index contributed by atoms with van der Waals surface area (Å²) in [4.78, 5) is 113. The van der Waals surface area contributed by atoms with E-state index >= 15 is 0 Å². The fraction of sp³-hybridized carbons (Fsp3) is 0.645. The highest BCUT2D eigenvalue weighted by Gasteiger charge is 2.56. The number of oxime groups is 2. The molecule has 93 heavy (non-hydrogen) atoms. The van der Waals surface area contributed by atoms with Crippen molar-refractivity contribution in [2.24, 2.45) is 32.6 Å². The quantitative estimate of drug-likeness (QED) is 0.0902. The number of aliphatic hydroxyl groups excluding tert-OH is 2. The monoisotopic (exact) mass is 1310 g/mol. The van der Waals surface area contributed by atoms with Gasteiger partial charge < -0.3 is 106 Å². The lowest BCUT2D eigenvalue weighted by molar-refractivity contribution is -0.143. The fourth-order valence-electron chi connectivity index (χ4n) is 11.8. The van der Waals surface area contributed by atoms with E-state index in [4.69, 9.17) is 64.1 Å². The number of carboxylic acids is 1. The molecule has 12 N–H and O–H groups in total. The van der Waals surface area contributed by atoms with E-state index in [1.165, 1.54) is 4.90 Å². The summed E-state index contributed by atoms with van der Waals surface area (Å²) in [5.41, 5.74) is 10.5. The summed E-state index contributed by atoms with van der Waals surface area (Å²) < 4.78 is 42.5. The average Bonchev–Trinajstić information content (AvgIpc) is 1.62. The summed E-state index contributed by atoms with van der Waals surface area (Å²) in [6.45, 7) is 16.8. The Bertz CT molecular complexity index is 3120. The number of fused-ring (bicyclic) bond motifs is 2. The number of aliphatic carboxylic acids is 1. The molecule has 8 aliphatic rings. The van der Waals surface area contributed by atoms with Gasteiger partial charge in [-0.1, -0.05) is 78.5 Å². The summed E-state index contributed by atoms with van der Waals surface area (Å²) in [5.74, 6) is -1.75. The van der Waals surface area contributed by atoms with E-state index in [1.54, 1.807) is 53.7 Å². The zero-order valence-corrected chi connectivity index (χ0v) is 53.7. The number of carbonyl (C=O) groups excluding carboxylic acids is 7. The van der Waals surface area contributed by atoms with Crippen molar-refractivity contribution in [1.82, 2.24) is 31.5 Å². The summed E-state index contributed by atoms with van der Waals surface area (Å²) in [6, 6.07) is 5.69. The van der Waals surface area contributed by atoms with E-state index in [1.807, 2.05) is 38.1 Å². The van der Waals surface area contributed by atoms with Crippen LogP contribution in [-0.2, 0) is 57.4 Å². The zero-order valence-electron chi connectivity index (χ0n) is 53.7. The van der Waals surface area contributed by atoms with Gasteiger partial charge in [-0.25, -0.2) is 14.4 Å². The van der Waals surface area contributed by atoms with E-state index in [0.29, 0.717) is 100 Å². The molecule has 31 nitrogen and oxygen atoms in total. The third-order valence-electron chi connectivity index (χ3n) is 16.9. The number of aliphatic hydroxyl groups is 2. The number of nitrogens with zero attached hydrogens (tertiary/aromatic N) is 3. The van der Waals surface area contributed by atoms with E-state index in [-0.39, 0.29) is 58.0 Å². The number of carboxylic acid groups (broad SMARTS) is 1. The normalized spacial score (nSPS) is 25.0. The van der Waals surface area contributed by atoms with Crippen molar-refractivity contribution in [2.45, 2.75) is 191 Å². The van der Waals surface area contributed by atoms with Gasteiger partial charge in [0.25, 0.3) is 0 Å². The molecule has 2 unspecified atom stereocenters. The number of benzene rings is 2. The van der Waals surface area contributed by atoms with Crippen LogP contribution in [0.15, 0.2) is 46.7 Å². The third-order valence-corrected chi connectivity index (χ3v) is 16.9. The van der Waals surface area contributed by atoms with Gasteiger partial charge in [0.1, 0.15) is 30.3 Å². The maximum Gasteiger partial charge on any atom is 0.408 e. The molecule has 7 amide bonds. The lowest BCUT2D eigenvalue weighted by Gasteiger charge is -2.35. The van der Waals surface area contributed by atoms with Gasteiger partial charge in [-0.15, -0.1) is 0 Å². The number of hydrogen-bond donors (Lipinski definition) is 10. The van der Waals surface area contributed by atoms with Gasteiger partial charge in [0.2, 0.25) is 43.1 Å². The molecule has 0 radical (unpaired) electrons. The smallest absolute Gasteiger partial charge is 0.408 e. The van der Waals surface area contributed by atoms with Crippen molar-refractivity contribution in [3.63, 3.8) is 0 Å². The van der Waals surface area contributed by atoms with Gasteiger partial charge in [0, 0.05) is 56.2 Å². The van der Waals surface area contributed by atoms with Crippen LogP contribution in [0, 0.1) is 10.8 Å². The number of carbonyl (C=O) groups is 8. The lowest BCUT2D eigenvalue weighted by Crippen LogP contribution is -2.59. The second-order valence-electron chi connectivity index (χ2n) is 26.4. The Labute approximate surface area is 537 Å². The Morgan fingerprint density at radius 2 is 1.12 bits per heavy atom. The van der Waals surface area contributed by atoms with Crippen molar-refractivity contribution in [3.05, 3.63) is 47.5 Å². The van der Waals surface area contributed by atoms with Gasteiger partial charge in [-0.05, 0) is 60.1 Å². The van der Waals surface area contributed by atoms with Crippen LogP contribution in [0.25, 0.3) is 0 Å². The van der Waals surface area contributed by atoms with Crippen LogP contribution in [-0.4, -0.2) is 204 Å². The molecular formula is C62H88N10O21. The maximum absolute atomic E-state index is 14.4. The van der Waals surface area contributed by atoms with E-state index < -0.39 is 118 Å². The van der Waals surface area contributed by atoms with Gasteiger partial charge >= 0.3 is 18.2 Å². The SMILES string of the molecule is CC(C)(C)[C@H](NC(=O)O[C@H]1CCOC1)C(=O)O.CCC[C@H](NC(=O)[C@@H]1C[C@@]2(CN1)CC(c1ccc3c(c1)OCO3)=NO2)C(O)C(N)=O.CCC[C@H](NC(=O)[C@@H]1C[C@]2(CC(c3ccc4c(c3)OCO4)=NO2)CN1C(=O)[C@@H](NC(=O)O[C@H]1CCOC1)C(C)(C)C)C(O)C(N)=O. The van der Waals surface area contributed by atoms with Gasteiger partial charge in [0.15, 0.2) is 46.4 Å². The summed E-state index contributed by atoms with van der Waals surface area (Å²) >= 11 is 0. The number of ether oxygens (including phenoxy) is 8. The molecule has 31 heteroatoms. The summed E-state index contributed by atoms with van der Waals surface area (Å²) in [5, 5.41) is 51.7. The molecule has 0 bridgehead atoms. The fourth-order valence-corrected chi connectivity index (χ4v) is 11.8. The molecule has 512 valence electrons. The van der Waals surface area contributed by atoms with Crippen LogP contribution in [0.1, 0.15) is 131 Å². The maximum atomic E-state index is 14.4. The number of likely N-dealkylation sites (tertiary alicyclic amines) is 1. The third kappa shape index (κ3) is 17.9. The minimum atomic E-state index is -1.62. The highest BCUT2D eigenvalue weighted by molar-refractivity contribution is 6.03. The molecule has 2 aromatic carbocycles. The number of rotatable bonds is 20. The van der Waals surface area contributed by atoms with Crippen LogP contribution >= 0.6 is 0 Å². The van der Waals surface area contributed by atoms with E-state index in [2.05, 4.69) is 36.9 Å². The highest BCUT2D eigenvalue weighted by atomic mass is 16.7. The Morgan fingerprint density at radius 1 is 0.656 bits per heavy atom. The molecule has 4 saturated heterocycles. The zero-order chi connectivity index (χ0) is 67.6. The predicted octanol–water partition coefficient (Wildman–Crippen LogP) is 1.71. The Morgan fingerprint density at radius 3 is 1.57 bits per heavy atom. The van der Waals surface area contributed by atoms with Crippen molar-refractivity contribution >= 4 is 59.1 Å². The molecule has 8 heterocycles. The van der Waals surface area contributed by atoms with Crippen molar-refractivity contribution in [2.75, 3.05) is 53.1 Å². The van der Waals surface area contributed by atoms with Crippen LogP contribution in [0.5, 0.6) is 23.0 Å². The topological polar surface area (TPSA) is 430 Å². The van der Waals surface area contributed by atoms with Gasteiger partial charge in [-0.2, -0.15) is 0 Å². The standard InChI is InChI=1S/C31H43N5O10.C20H26N4O6.C11H19NO5/c1-5-6-19(24(37)26(32)38)33-27(39)21-13-31(12-20(35-46-31)17-7-8-22-23(11-17)44-16-43-22)15-36(21)28(40)25(30(2,3)4)34-29(41)45-18-9-10-42-14-18;1-2-3-12(17(25)18(21)26)23-19(27)14-8-20(9-22-14)7-13(24-30-20)11-4-5-15-16(6-11)29-10-28-15;1-11(2,3)8(9(13)14)12-10(15)17-7-4-5-16-6-7/h7-8,11,18-19,21,24-25,37H,5-6,9-10,12-16H2,1-4H3,(H2,32,38)(H,33,39)(H,34,41);4-6,12,14,17,22,25H,2-3,7-10H2,1H3,(H2,21,26)(H,23,27);7-8H,4-6H2,1-3H3,(H,12,15)(H,13,14)/t18-,19-,21-,24?,25+,31+;12-,14-,17?,20+;7-,8+/m000/s1. The molecule has 2 aromatic rings. The number of amides is 7. The van der Waals surface area contributed by atoms with E-state index in [0.717, 1.165) is 16.8 Å². The number of nitrogens with two attached hydrogens (primary N) is 2.